The zero-order chi connectivity index (χ0) is 28.8. The van der Waals surface area contributed by atoms with Crippen molar-refractivity contribution >= 4 is 57.5 Å². The molecule has 2 saturated heterocycles. The first kappa shape index (κ1) is 29.4. The summed E-state index contributed by atoms with van der Waals surface area (Å²) in [7, 11) is 0. The van der Waals surface area contributed by atoms with Crippen molar-refractivity contribution in [2.75, 3.05) is 99.1 Å². The van der Waals surface area contributed by atoms with Gasteiger partial charge in [-0.15, -0.1) is 0 Å². The summed E-state index contributed by atoms with van der Waals surface area (Å²) in [5.41, 5.74) is 1.44. The van der Waals surface area contributed by atoms with E-state index in [-0.39, 0.29) is 19.1 Å². The van der Waals surface area contributed by atoms with E-state index in [9.17, 15) is 15.0 Å². The first-order chi connectivity index (χ1) is 19.9. The minimum Gasteiger partial charge on any atom is -0.395 e. The second kappa shape index (κ2) is 13.7. The molecule has 0 bridgehead atoms. The number of nitrogens with zero attached hydrogens (tertiary/aromatic N) is 8. The number of para-hydroxylation sites is 1. The molecule has 1 amide bonds. The normalized spacial score (nSPS) is 16.7. The number of nitrogens with one attached hydrogen (secondary N) is 2. The molecule has 13 nitrogen and oxygen atoms in total. The van der Waals surface area contributed by atoms with E-state index >= 15 is 0 Å². The summed E-state index contributed by atoms with van der Waals surface area (Å²) >= 11 is 7.48. The predicted octanol–water partition coefficient (Wildman–Crippen LogP) is 1.51. The van der Waals surface area contributed by atoms with Gasteiger partial charge in [0.05, 0.1) is 30.1 Å². The van der Waals surface area contributed by atoms with Crippen LogP contribution < -0.4 is 20.4 Å². The quantitative estimate of drug-likeness (QED) is 0.267. The monoisotopic (exact) mass is 602 g/mol. The van der Waals surface area contributed by atoms with Crippen LogP contribution in [-0.4, -0.2) is 125 Å². The molecule has 0 radical (unpaired) electrons. The molecule has 5 rings (SSSR count). The summed E-state index contributed by atoms with van der Waals surface area (Å²) in [4.78, 5) is 40.7. The van der Waals surface area contributed by atoms with Gasteiger partial charge in [0.25, 0.3) is 5.91 Å². The van der Waals surface area contributed by atoms with E-state index in [0.717, 1.165) is 57.9 Å². The lowest BCUT2D eigenvalue weighted by atomic mass is 10.2. The topological polar surface area (TPSA) is 146 Å². The van der Waals surface area contributed by atoms with Crippen molar-refractivity contribution in [3.8, 4) is 0 Å². The Morgan fingerprint density at radius 2 is 1.51 bits per heavy atom. The minimum atomic E-state index is -0.301. The third kappa shape index (κ3) is 7.39. The molecule has 2 fully saturated rings. The number of aromatic nitrogens is 4. The van der Waals surface area contributed by atoms with Gasteiger partial charge in [-0.25, -0.2) is 4.98 Å². The maximum absolute atomic E-state index is 12.9. The minimum absolute atomic E-state index is 0.137. The number of β-amino-alcohol motifs (C(OH)–C–C–N with tert-alkyl or cyclic N) is 2. The molecule has 0 unspecified atom stereocenters. The Labute approximate surface area is 247 Å². The van der Waals surface area contributed by atoms with Gasteiger partial charge in [0.2, 0.25) is 17.8 Å². The van der Waals surface area contributed by atoms with Crippen molar-refractivity contribution in [2.24, 2.45) is 0 Å². The molecule has 41 heavy (non-hydrogen) atoms. The fourth-order valence-corrected chi connectivity index (χ4v) is 5.79. The molecule has 0 saturated carbocycles. The predicted molar refractivity (Wildman–Crippen MR) is 161 cm³/mol. The van der Waals surface area contributed by atoms with Crippen molar-refractivity contribution in [2.45, 2.75) is 6.92 Å². The van der Waals surface area contributed by atoms with Crippen molar-refractivity contribution in [1.29, 1.82) is 0 Å². The van der Waals surface area contributed by atoms with Crippen LogP contribution in [0.1, 0.15) is 15.2 Å². The van der Waals surface area contributed by atoms with Crippen LogP contribution in [0.15, 0.2) is 24.4 Å². The van der Waals surface area contributed by atoms with E-state index in [1.54, 1.807) is 6.07 Å². The molecule has 2 aliphatic rings. The molecule has 2 aliphatic heterocycles. The van der Waals surface area contributed by atoms with E-state index in [4.69, 9.17) is 26.6 Å². The van der Waals surface area contributed by atoms with Gasteiger partial charge in [0.15, 0.2) is 5.13 Å². The van der Waals surface area contributed by atoms with Crippen molar-refractivity contribution in [3.05, 3.63) is 39.9 Å². The highest BCUT2D eigenvalue weighted by Gasteiger charge is 2.24. The van der Waals surface area contributed by atoms with Crippen LogP contribution in [0.25, 0.3) is 0 Å². The van der Waals surface area contributed by atoms with Crippen LogP contribution in [0.3, 0.4) is 0 Å². The number of aliphatic hydroxyl groups excluding tert-OH is 2. The van der Waals surface area contributed by atoms with Crippen LogP contribution >= 0.6 is 22.9 Å². The van der Waals surface area contributed by atoms with Crippen LogP contribution in [0.2, 0.25) is 5.02 Å². The Bertz CT molecular complexity index is 1260. The number of hydrogen-bond acceptors (Lipinski definition) is 13. The number of thiazole rings is 1. The fourth-order valence-electron chi connectivity index (χ4n) is 4.82. The van der Waals surface area contributed by atoms with Gasteiger partial charge >= 0.3 is 0 Å². The molecular formula is C26H35ClN10O3S. The standard InChI is InChI=1S/C26H35ClN10O3S/c1-18-3-2-4-19(27)21(18)29-22(40)20-17-28-26(41-20)32-23-30-24(36-9-5-34(6-10-36)13-15-38)33-25(31-23)37-11-7-35(8-12-37)14-16-39/h2-4,17,38-39H,5-16H2,1H3,(H,29,40)(H,28,30,31,32,33). The summed E-state index contributed by atoms with van der Waals surface area (Å²) in [5.74, 6) is 1.19. The summed E-state index contributed by atoms with van der Waals surface area (Å²) in [6.45, 7) is 9.61. The first-order valence-electron chi connectivity index (χ1n) is 13.6. The summed E-state index contributed by atoms with van der Waals surface area (Å²) < 4.78 is 0. The summed E-state index contributed by atoms with van der Waals surface area (Å²) in [6, 6.07) is 5.46. The molecule has 3 aromatic rings. The number of hydrogen-bond donors (Lipinski definition) is 4. The van der Waals surface area contributed by atoms with Crippen molar-refractivity contribution < 1.29 is 15.0 Å². The Balaban J connectivity index is 1.33. The van der Waals surface area contributed by atoms with E-state index in [2.05, 4.69) is 35.2 Å². The number of piperazine rings is 2. The highest BCUT2D eigenvalue weighted by molar-refractivity contribution is 7.17. The number of carbonyl (C=O) groups excluding carboxylic acids is 1. The van der Waals surface area contributed by atoms with Gasteiger partial charge in [-0.05, 0) is 18.6 Å². The molecule has 0 spiro atoms. The molecule has 220 valence electrons. The largest absolute Gasteiger partial charge is 0.395 e. The average molecular weight is 603 g/mol. The van der Waals surface area contributed by atoms with Crippen LogP contribution in [0, 0.1) is 6.92 Å². The van der Waals surface area contributed by atoms with Crippen molar-refractivity contribution in [3.63, 3.8) is 0 Å². The average Bonchev–Trinajstić information content (AvgIpc) is 3.44. The number of carbonyl (C=O) groups is 1. The van der Waals surface area contributed by atoms with E-state index < -0.39 is 0 Å². The van der Waals surface area contributed by atoms with E-state index in [1.165, 1.54) is 17.5 Å². The lowest BCUT2D eigenvalue weighted by Crippen LogP contribution is -2.49. The third-order valence-electron chi connectivity index (χ3n) is 7.16. The SMILES string of the molecule is Cc1cccc(Cl)c1NC(=O)c1cnc(Nc2nc(N3CCN(CCO)CC3)nc(N3CCN(CCO)CC3)n2)s1. The van der Waals surface area contributed by atoms with E-state index in [1.807, 2.05) is 19.1 Å². The van der Waals surface area contributed by atoms with Gasteiger partial charge in [-0.2, -0.15) is 15.0 Å². The number of amides is 1. The summed E-state index contributed by atoms with van der Waals surface area (Å²) in [5, 5.41) is 25.6. The maximum atomic E-state index is 12.9. The second-order valence-corrected chi connectivity index (χ2v) is 11.3. The molecule has 4 heterocycles. The molecule has 0 atom stereocenters. The highest BCUT2D eigenvalue weighted by atomic mass is 35.5. The Morgan fingerprint density at radius 1 is 0.927 bits per heavy atom. The number of benzene rings is 1. The maximum Gasteiger partial charge on any atom is 0.267 e. The molecule has 0 aliphatic carbocycles. The van der Waals surface area contributed by atoms with Gasteiger partial charge in [-0.1, -0.05) is 35.1 Å². The summed E-state index contributed by atoms with van der Waals surface area (Å²) in [6.07, 6.45) is 1.51. The molecular weight excluding hydrogens is 568 g/mol. The Hall–Kier alpha value is -3.14. The highest BCUT2D eigenvalue weighted by Crippen LogP contribution is 2.28. The Morgan fingerprint density at radius 3 is 2.05 bits per heavy atom. The Kier molecular flexibility index (Phi) is 9.80. The molecule has 1 aromatic carbocycles. The van der Waals surface area contributed by atoms with Gasteiger partial charge in [0.1, 0.15) is 4.88 Å². The second-order valence-electron chi connectivity index (χ2n) is 9.90. The number of anilines is 5. The number of aliphatic hydroxyl groups is 2. The zero-order valence-electron chi connectivity index (χ0n) is 23.0. The first-order valence-corrected chi connectivity index (χ1v) is 14.8. The molecule has 15 heteroatoms. The van der Waals surface area contributed by atoms with Gasteiger partial charge < -0.3 is 25.3 Å². The van der Waals surface area contributed by atoms with Crippen molar-refractivity contribution in [1.82, 2.24) is 29.7 Å². The number of rotatable bonds is 10. The fraction of sp³-hybridized carbons (Fsp3) is 0.500. The molecule has 4 N–H and O–H groups in total. The van der Waals surface area contributed by atoms with E-state index in [0.29, 0.717) is 51.7 Å². The molecule has 2 aromatic heterocycles. The zero-order valence-corrected chi connectivity index (χ0v) is 24.5. The van der Waals surface area contributed by atoms with Crippen LogP contribution in [0.5, 0.6) is 0 Å². The van der Waals surface area contributed by atoms with Crippen LogP contribution in [-0.2, 0) is 0 Å². The van der Waals surface area contributed by atoms with Gasteiger partial charge in [-0.3, -0.25) is 19.9 Å². The third-order valence-corrected chi connectivity index (χ3v) is 8.39. The number of halogens is 1. The van der Waals surface area contributed by atoms with Gasteiger partial charge in [0, 0.05) is 65.4 Å². The van der Waals surface area contributed by atoms with Crippen LogP contribution in [0.4, 0.5) is 28.7 Å². The number of aryl methyl sites for hydroxylation is 1. The lowest BCUT2D eigenvalue weighted by molar-refractivity contribution is 0.103. The lowest BCUT2D eigenvalue weighted by Gasteiger charge is -2.36. The smallest absolute Gasteiger partial charge is 0.267 e.